The van der Waals surface area contributed by atoms with Crippen LogP contribution in [0.15, 0.2) is 36.4 Å². The molecule has 1 fully saturated rings. The second-order valence-corrected chi connectivity index (χ2v) is 8.80. The van der Waals surface area contributed by atoms with Crippen molar-refractivity contribution in [3.63, 3.8) is 0 Å². The van der Waals surface area contributed by atoms with Crippen LogP contribution in [-0.4, -0.2) is 49.0 Å². The molecule has 1 N–H and O–H groups in total. The molecule has 0 spiro atoms. The molecule has 1 aromatic heterocycles. The average molecular weight is 375 g/mol. The first-order chi connectivity index (χ1) is 12.5. The van der Waals surface area contributed by atoms with Gasteiger partial charge in [-0.15, -0.1) is 0 Å². The predicted molar refractivity (Wildman–Crippen MR) is 106 cm³/mol. The van der Waals surface area contributed by atoms with Gasteiger partial charge in [0.25, 0.3) is 0 Å². The number of rotatable bonds is 7. The number of aromatic nitrogens is 2. The summed E-state index contributed by atoms with van der Waals surface area (Å²) in [7, 11) is -2.96. The van der Waals surface area contributed by atoms with Crippen LogP contribution in [-0.2, 0) is 9.84 Å². The van der Waals surface area contributed by atoms with Gasteiger partial charge in [-0.05, 0) is 19.8 Å². The molecule has 26 heavy (non-hydrogen) atoms. The van der Waals surface area contributed by atoms with Crippen LogP contribution in [0.2, 0.25) is 0 Å². The molecule has 0 aliphatic carbocycles. The number of nitrogens with zero attached hydrogens (tertiary/aromatic N) is 3. The zero-order chi connectivity index (χ0) is 18.6. The first kappa shape index (κ1) is 18.6. The number of hydrogen-bond donors (Lipinski definition) is 1. The summed E-state index contributed by atoms with van der Waals surface area (Å²) in [5, 5.41) is 3.33. The second-order valence-electron chi connectivity index (χ2n) is 6.57. The van der Waals surface area contributed by atoms with E-state index in [1.807, 2.05) is 48.2 Å². The maximum absolute atomic E-state index is 11.9. The maximum Gasteiger partial charge on any atom is 0.228 e. The van der Waals surface area contributed by atoms with Gasteiger partial charge in [0.2, 0.25) is 5.95 Å². The van der Waals surface area contributed by atoms with Gasteiger partial charge in [-0.2, -0.15) is 4.98 Å². The van der Waals surface area contributed by atoms with Crippen LogP contribution >= 0.6 is 0 Å². The minimum atomic E-state index is -2.96. The van der Waals surface area contributed by atoms with Crippen LogP contribution in [0.5, 0.6) is 0 Å². The molecule has 2 aromatic rings. The maximum atomic E-state index is 11.9. The van der Waals surface area contributed by atoms with E-state index in [4.69, 9.17) is 4.98 Å². The summed E-state index contributed by atoms with van der Waals surface area (Å²) >= 11 is 0. The van der Waals surface area contributed by atoms with E-state index in [1.165, 1.54) is 0 Å². The topological polar surface area (TPSA) is 75.2 Å². The number of benzene rings is 1. The molecule has 0 bridgehead atoms. The molecule has 0 amide bonds. The number of anilines is 2. The lowest BCUT2D eigenvalue weighted by Gasteiger charge is -2.27. The van der Waals surface area contributed by atoms with Gasteiger partial charge in [0, 0.05) is 30.8 Å². The van der Waals surface area contributed by atoms with Gasteiger partial charge in [0.1, 0.15) is 5.82 Å². The van der Waals surface area contributed by atoms with E-state index in [0.29, 0.717) is 18.9 Å². The molecule has 1 aliphatic heterocycles. The van der Waals surface area contributed by atoms with Crippen LogP contribution in [0, 0.1) is 0 Å². The zero-order valence-electron chi connectivity index (χ0n) is 15.4. The van der Waals surface area contributed by atoms with Gasteiger partial charge in [-0.3, -0.25) is 0 Å². The first-order valence-corrected chi connectivity index (χ1v) is 11.0. The highest BCUT2D eigenvalue weighted by Crippen LogP contribution is 2.26. The molecule has 2 heterocycles. The number of hydrogen-bond acceptors (Lipinski definition) is 6. The number of sulfone groups is 1. The Balaban J connectivity index is 1.98. The number of nitrogens with one attached hydrogen (secondary N) is 1. The Labute approximate surface area is 155 Å². The van der Waals surface area contributed by atoms with Gasteiger partial charge in [0.15, 0.2) is 9.84 Å². The van der Waals surface area contributed by atoms with Crippen molar-refractivity contribution in [2.75, 3.05) is 34.8 Å². The highest BCUT2D eigenvalue weighted by Gasteiger charge is 2.33. The smallest absolute Gasteiger partial charge is 0.228 e. The Morgan fingerprint density at radius 3 is 2.58 bits per heavy atom. The molecule has 0 radical (unpaired) electrons. The molecule has 140 valence electrons. The molecule has 1 aliphatic rings. The summed E-state index contributed by atoms with van der Waals surface area (Å²) in [6.07, 6.45) is 1.63. The fourth-order valence-electron chi connectivity index (χ4n) is 3.25. The molecule has 1 aromatic carbocycles. The lowest BCUT2D eigenvalue weighted by molar-refractivity contribution is 0.599. The summed E-state index contributed by atoms with van der Waals surface area (Å²) in [5.41, 5.74) is 1.86. The van der Waals surface area contributed by atoms with Gasteiger partial charge in [0.05, 0.1) is 17.2 Å². The predicted octanol–water partition coefficient (Wildman–Crippen LogP) is 2.98. The Kier molecular flexibility index (Phi) is 5.76. The molecule has 1 atom stereocenters. The normalized spacial score (nSPS) is 18.6. The summed E-state index contributed by atoms with van der Waals surface area (Å²) in [5.74, 6) is 1.79. The van der Waals surface area contributed by atoms with Gasteiger partial charge >= 0.3 is 0 Å². The van der Waals surface area contributed by atoms with Crippen LogP contribution in [0.3, 0.4) is 0 Å². The van der Waals surface area contributed by atoms with Crippen LogP contribution in [0.25, 0.3) is 11.3 Å². The van der Waals surface area contributed by atoms with Crippen molar-refractivity contribution >= 4 is 21.6 Å². The summed E-state index contributed by atoms with van der Waals surface area (Å²) in [6.45, 7) is 5.62. The second kappa shape index (κ2) is 8.03. The van der Waals surface area contributed by atoms with Crippen molar-refractivity contribution < 1.29 is 8.42 Å². The fourth-order valence-corrected chi connectivity index (χ4v) is 4.98. The molecule has 1 unspecified atom stereocenters. The molecular weight excluding hydrogens is 348 g/mol. The third kappa shape index (κ3) is 4.33. The monoisotopic (exact) mass is 374 g/mol. The average Bonchev–Trinajstić information content (AvgIpc) is 3.01. The first-order valence-electron chi connectivity index (χ1n) is 9.18. The quantitative estimate of drug-likeness (QED) is 0.803. The Hall–Kier alpha value is -2.15. The summed E-state index contributed by atoms with van der Waals surface area (Å²) in [4.78, 5) is 11.4. The minimum absolute atomic E-state index is 0.0601. The van der Waals surface area contributed by atoms with E-state index < -0.39 is 9.84 Å². The van der Waals surface area contributed by atoms with E-state index in [2.05, 4.69) is 17.2 Å². The fraction of sp³-hybridized carbons (Fsp3) is 0.474. The van der Waals surface area contributed by atoms with Crippen LogP contribution < -0.4 is 10.2 Å². The van der Waals surface area contributed by atoms with E-state index in [0.717, 1.165) is 30.0 Å². The highest BCUT2D eigenvalue weighted by atomic mass is 32.2. The Bertz CT molecular complexity index is 840. The molecule has 1 saturated heterocycles. The van der Waals surface area contributed by atoms with E-state index in [1.54, 1.807) is 0 Å². The van der Waals surface area contributed by atoms with Gasteiger partial charge in [-0.1, -0.05) is 37.3 Å². The molecular formula is C19H26N4O2S. The van der Waals surface area contributed by atoms with Crippen LogP contribution in [0.1, 0.15) is 26.7 Å². The minimum Gasteiger partial charge on any atom is -0.370 e. The standard InChI is InChI=1S/C19H26N4O2S/c1-3-11-20-18-13-17(15-8-6-5-7-9-15)21-19(22-18)23(4-2)16-10-12-26(24,25)14-16/h5-9,13,16H,3-4,10-12,14H2,1-2H3,(H,20,21,22). The van der Waals surface area contributed by atoms with Crippen molar-refractivity contribution in [2.45, 2.75) is 32.7 Å². The Morgan fingerprint density at radius 2 is 1.96 bits per heavy atom. The SMILES string of the molecule is CCCNc1cc(-c2ccccc2)nc(N(CC)C2CCS(=O)(=O)C2)n1. The van der Waals surface area contributed by atoms with Gasteiger partial charge < -0.3 is 10.2 Å². The van der Waals surface area contributed by atoms with Crippen molar-refractivity contribution in [1.82, 2.24) is 9.97 Å². The molecule has 6 nitrogen and oxygen atoms in total. The van der Waals surface area contributed by atoms with Crippen molar-refractivity contribution in [3.8, 4) is 11.3 Å². The summed E-state index contributed by atoms with van der Waals surface area (Å²) in [6, 6.07) is 11.9. The third-order valence-electron chi connectivity index (χ3n) is 4.59. The highest BCUT2D eigenvalue weighted by molar-refractivity contribution is 7.91. The molecule has 0 saturated carbocycles. The lowest BCUT2D eigenvalue weighted by Crippen LogP contribution is -2.37. The Morgan fingerprint density at radius 1 is 1.19 bits per heavy atom. The van der Waals surface area contributed by atoms with E-state index in [-0.39, 0.29) is 17.5 Å². The lowest BCUT2D eigenvalue weighted by atomic mass is 10.1. The van der Waals surface area contributed by atoms with Crippen molar-refractivity contribution in [3.05, 3.63) is 36.4 Å². The molecule has 3 rings (SSSR count). The zero-order valence-corrected chi connectivity index (χ0v) is 16.2. The van der Waals surface area contributed by atoms with Gasteiger partial charge in [-0.25, -0.2) is 13.4 Å². The molecule has 7 heteroatoms. The van der Waals surface area contributed by atoms with Crippen molar-refractivity contribution in [1.29, 1.82) is 0 Å². The van der Waals surface area contributed by atoms with E-state index >= 15 is 0 Å². The summed E-state index contributed by atoms with van der Waals surface area (Å²) < 4.78 is 23.8. The largest absolute Gasteiger partial charge is 0.370 e. The van der Waals surface area contributed by atoms with E-state index in [9.17, 15) is 8.42 Å². The van der Waals surface area contributed by atoms with Crippen LogP contribution in [0.4, 0.5) is 11.8 Å². The third-order valence-corrected chi connectivity index (χ3v) is 6.34. The van der Waals surface area contributed by atoms with Crippen molar-refractivity contribution in [2.24, 2.45) is 0 Å².